The van der Waals surface area contributed by atoms with Crippen LogP contribution in [0.1, 0.15) is 18.4 Å². The van der Waals surface area contributed by atoms with Crippen LogP contribution in [0.3, 0.4) is 0 Å². The average molecular weight is 222 g/mol. The molecule has 78 valence electrons. The molecule has 0 spiro atoms. The Hall–Kier alpha value is -1.02. The second-order valence-electron chi connectivity index (χ2n) is 4.45. The highest BCUT2D eigenvalue weighted by Crippen LogP contribution is 2.52. The van der Waals surface area contributed by atoms with E-state index in [4.69, 9.17) is 11.6 Å². The highest BCUT2D eigenvalue weighted by atomic mass is 35.5. The van der Waals surface area contributed by atoms with Crippen molar-refractivity contribution < 1.29 is 4.79 Å². The zero-order valence-electron chi connectivity index (χ0n) is 8.29. The van der Waals surface area contributed by atoms with E-state index in [9.17, 15) is 4.79 Å². The average Bonchev–Trinajstić information content (AvgIpc) is 2.40. The fourth-order valence-electron chi connectivity index (χ4n) is 2.88. The summed E-state index contributed by atoms with van der Waals surface area (Å²) in [6.45, 7) is 0.750. The SMILES string of the molecule is O=C1NCC2(c3ccccc3Cl)CCC12. The van der Waals surface area contributed by atoms with Crippen LogP contribution in [0.4, 0.5) is 0 Å². The lowest BCUT2D eigenvalue weighted by molar-refractivity contribution is -0.125. The first-order valence-corrected chi connectivity index (χ1v) is 5.64. The number of rotatable bonds is 1. The number of carbonyl (C=O) groups excluding carboxylic acids is 1. The maximum Gasteiger partial charge on any atom is 0.224 e. The molecule has 0 bridgehead atoms. The molecule has 1 heterocycles. The Balaban J connectivity index is 2.08. The van der Waals surface area contributed by atoms with E-state index in [0.29, 0.717) is 0 Å². The Morgan fingerprint density at radius 3 is 2.80 bits per heavy atom. The third kappa shape index (κ3) is 1.08. The Bertz CT molecular complexity index is 431. The molecule has 2 unspecified atom stereocenters. The molecule has 1 aromatic carbocycles. The number of benzene rings is 1. The molecule has 3 rings (SSSR count). The molecule has 1 amide bonds. The lowest BCUT2D eigenvalue weighted by Gasteiger charge is -2.43. The molecule has 1 N–H and O–H groups in total. The first-order valence-electron chi connectivity index (χ1n) is 5.27. The van der Waals surface area contributed by atoms with Gasteiger partial charge >= 0.3 is 0 Å². The first kappa shape index (κ1) is 9.22. The monoisotopic (exact) mass is 221 g/mol. The second-order valence-corrected chi connectivity index (χ2v) is 4.85. The predicted molar refractivity (Wildman–Crippen MR) is 58.9 cm³/mol. The largest absolute Gasteiger partial charge is 0.355 e. The van der Waals surface area contributed by atoms with Crippen molar-refractivity contribution in [2.45, 2.75) is 18.3 Å². The molecule has 1 aromatic rings. The summed E-state index contributed by atoms with van der Waals surface area (Å²) in [5, 5.41) is 3.74. The molecular weight excluding hydrogens is 210 g/mol. The van der Waals surface area contributed by atoms with Crippen molar-refractivity contribution in [2.75, 3.05) is 6.54 Å². The Labute approximate surface area is 93.6 Å². The van der Waals surface area contributed by atoms with Gasteiger partial charge in [-0.3, -0.25) is 4.79 Å². The van der Waals surface area contributed by atoms with Gasteiger partial charge in [0.15, 0.2) is 0 Å². The van der Waals surface area contributed by atoms with Gasteiger partial charge in [0, 0.05) is 22.9 Å². The summed E-state index contributed by atoms with van der Waals surface area (Å²) >= 11 is 6.20. The fraction of sp³-hybridized carbons (Fsp3) is 0.417. The number of fused-ring (bicyclic) bond motifs is 1. The lowest BCUT2D eigenvalue weighted by atomic mass is 9.58. The van der Waals surface area contributed by atoms with Gasteiger partial charge in [-0.05, 0) is 24.5 Å². The van der Waals surface area contributed by atoms with E-state index < -0.39 is 0 Å². The summed E-state index contributed by atoms with van der Waals surface area (Å²) in [7, 11) is 0. The van der Waals surface area contributed by atoms with Crippen LogP contribution in [-0.4, -0.2) is 12.5 Å². The maximum absolute atomic E-state index is 11.6. The number of amides is 1. The first-order chi connectivity index (χ1) is 7.24. The van der Waals surface area contributed by atoms with Crippen LogP contribution in [0, 0.1) is 5.92 Å². The van der Waals surface area contributed by atoms with Crippen LogP contribution in [0.15, 0.2) is 24.3 Å². The molecule has 1 aliphatic heterocycles. The normalized spacial score (nSPS) is 33.1. The van der Waals surface area contributed by atoms with Gasteiger partial charge in [-0.15, -0.1) is 0 Å². The second kappa shape index (κ2) is 2.99. The quantitative estimate of drug-likeness (QED) is 0.774. The lowest BCUT2D eigenvalue weighted by Crippen LogP contribution is -2.44. The van der Waals surface area contributed by atoms with Crippen molar-refractivity contribution in [3.8, 4) is 0 Å². The molecule has 1 saturated carbocycles. The van der Waals surface area contributed by atoms with Crippen LogP contribution in [-0.2, 0) is 10.2 Å². The fourth-order valence-corrected chi connectivity index (χ4v) is 3.21. The summed E-state index contributed by atoms with van der Waals surface area (Å²) in [6.07, 6.45) is 2.07. The van der Waals surface area contributed by atoms with Crippen LogP contribution in [0.5, 0.6) is 0 Å². The van der Waals surface area contributed by atoms with E-state index in [1.165, 1.54) is 0 Å². The summed E-state index contributed by atoms with van der Waals surface area (Å²) in [6, 6.07) is 7.88. The van der Waals surface area contributed by atoms with Gasteiger partial charge in [0.25, 0.3) is 0 Å². The van der Waals surface area contributed by atoms with E-state index in [-0.39, 0.29) is 17.2 Å². The smallest absolute Gasteiger partial charge is 0.224 e. The molecule has 0 aromatic heterocycles. The van der Waals surface area contributed by atoms with Crippen molar-refractivity contribution in [3.05, 3.63) is 34.9 Å². The topological polar surface area (TPSA) is 29.1 Å². The van der Waals surface area contributed by atoms with Crippen LogP contribution in [0.25, 0.3) is 0 Å². The highest BCUT2D eigenvalue weighted by molar-refractivity contribution is 6.31. The highest BCUT2D eigenvalue weighted by Gasteiger charge is 2.56. The zero-order valence-corrected chi connectivity index (χ0v) is 9.05. The minimum atomic E-state index is -0.00454. The standard InChI is InChI=1S/C12H12ClNO/c13-10-4-2-1-3-8(10)12-6-5-9(12)11(15)14-7-12/h1-4,9H,5-7H2,(H,14,15). The third-order valence-corrected chi connectivity index (χ3v) is 4.18. The number of halogens is 1. The van der Waals surface area contributed by atoms with Crippen molar-refractivity contribution >= 4 is 17.5 Å². The summed E-state index contributed by atoms with van der Waals surface area (Å²) < 4.78 is 0. The van der Waals surface area contributed by atoms with Gasteiger partial charge < -0.3 is 5.32 Å². The van der Waals surface area contributed by atoms with Crippen molar-refractivity contribution in [1.82, 2.24) is 5.32 Å². The van der Waals surface area contributed by atoms with Gasteiger partial charge in [-0.2, -0.15) is 0 Å². The summed E-state index contributed by atoms with van der Waals surface area (Å²) in [4.78, 5) is 11.6. The minimum Gasteiger partial charge on any atom is -0.355 e. The van der Waals surface area contributed by atoms with E-state index in [1.807, 2.05) is 18.2 Å². The van der Waals surface area contributed by atoms with E-state index >= 15 is 0 Å². The maximum atomic E-state index is 11.6. The molecule has 0 radical (unpaired) electrons. The molecule has 2 atom stereocenters. The molecule has 3 heteroatoms. The van der Waals surface area contributed by atoms with Gasteiger partial charge in [0.05, 0.1) is 0 Å². The summed E-state index contributed by atoms with van der Waals surface area (Å²) in [5.74, 6) is 0.346. The molecule has 2 nitrogen and oxygen atoms in total. The Morgan fingerprint density at radius 1 is 1.40 bits per heavy atom. The number of hydrogen-bond donors (Lipinski definition) is 1. The van der Waals surface area contributed by atoms with Crippen LogP contribution < -0.4 is 5.32 Å². The van der Waals surface area contributed by atoms with E-state index in [0.717, 1.165) is 30.0 Å². The van der Waals surface area contributed by atoms with Crippen molar-refractivity contribution in [1.29, 1.82) is 0 Å². The predicted octanol–water partition coefficient (Wildman–Crippen LogP) is 2.12. The molecule has 2 fully saturated rings. The van der Waals surface area contributed by atoms with Gasteiger partial charge in [-0.25, -0.2) is 0 Å². The molecule has 2 aliphatic rings. The van der Waals surface area contributed by atoms with Crippen LogP contribution in [0.2, 0.25) is 5.02 Å². The van der Waals surface area contributed by atoms with Crippen molar-refractivity contribution in [3.63, 3.8) is 0 Å². The molecular formula is C12H12ClNO. The van der Waals surface area contributed by atoms with Gasteiger partial charge in [-0.1, -0.05) is 29.8 Å². The van der Waals surface area contributed by atoms with Gasteiger partial charge in [0.2, 0.25) is 5.91 Å². The van der Waals surface area contributed by atoms with E-state index in [1.54, 1.807) is 0 Å². The van der Waals surface area contributed by atoms with Gasteiger partial charge in [0.1, 0.15) is 0 Å². The molecule has 1 saturated heterocycles. The minimum absolute atomic E-state index is 0.00454. The number of hydrogen-bond acceptors (Lipinski definition) is 1. The molecule has 15 heavy (non-hydrogen) atoms. The molecule has 1 aliphatic carbocycles. The number of nitrogens with one attached hydrogen (secondary N) is 1. The van der Waals surface area contributed by atoms with E-state index in [2.05, 4.69) is 11.4 Å². The number of carbonyl (C=O) groups is 1. The Morgan fingerprint density at radius 2 is 2.20 bits per heavy atom. The van der Waals surface area contributed by atoms with Crippen molar-refractivity contribution in [2.24, 2.45) is 5.92 Å². The third-order valence-electron chi connectivity index (χ3n) is 3.85. The zero-order chi connectivity index (χ0) is 10.5. The van der Waals surface area contributed by atoms with Crippen LogP contribution >= 0.6 is 11.6 Å². The Kier molecular flexibility index (Phi) is 1.84. The summed E-state index contributed by atoms with van der Waals surface area (Å²) in [5.41, 5.74) is 1.14.